The summed E-state index contributed by atoms with van der Waals surface area (Å²) >= 11 is 0. The second-order valence-electron chi connectivity index (χ2n) is 8.17. The normalized spacial score (nSPS) is 16.5. The smallest absolute Gasteiger partial charge is 0.321 e. The molecule has 31 heavy (non-hydrogen) atoms. The van der Waals surface area contributed by atoms with Crippen molar-refractivity contribution >= 4 is 23.3 Å². The predicted molar refractivity (Wildman–Crippen MR) is 121 cm³/mol. The molecule has 2 aromatic rings. The molecule has 2 aliphatic heterocycles. The van der Waals surface area contributed by atoms with Crippen molar-refractivity contribution in [3.05, 3.63) is 59.7 Å². The minimum atomic E-state index is -0.153. The van der Waals surface area contributed by atoms with E-state index in [1.54, 1.807) is 11.9 Å². The highest BCUT2D eigenvalue weighted by Crippen LogP contribution is 2.19. The van der Waals surface area contributed by atoms with Crippen molar-refractivity contribution < 1.29 is 14.3 Å². The summed E-state index contributed by atoms with van der Waals surface area (Å²) in [7, 11) is 1.79. The van der Waals surface area contributed by atoms with Crippen LogP contribution in [0.25, 0.3) is 0 Å². The maximum Gasteiger partial charge on any atom is 0.321 e. The summed E-state index contributed by atoms with van der Waals surface area (Å²) < 4.78 is 5.40. The van der Waals surface area contributed by atoms with E-state index < -0.39 is 0 Å². The highest BCUT2D eigenvalue weighted by Gasteiger charge is 2.20. The summed E-state index contributed by atoms with van der Waals surface area (Å²) in [6.45, 7) is 5.35. The number of benzene rings is 2. The number of carbonyl (C=O) groups excluding carboxylic acids is 2. The van der Waals surface area contributed by atoms with Gasteiger partial charge in [0.05, 0.1) is 13.2 Å². The number of hydrogen-bond acceptors (Lipinski definition) is 4. The van der Waals surface area contributed by atoms with Gasteiger partial charge in [-0.15, -0.1) is 0 Å². The summed E-state index contributed by atoms with van der Waals surface area (Å²) in [5, 5.41) is 2.94. The summed E-state index contributed by atoms with van der Waals surface area (Å²) in [4.78, 5) is 30.2. The number of amides is 3. The number of anilines is 2. The lowest BCUT2D eigenvalue weighted by molar-refractivity contribution is -0.128. The van der Waals surface area contributed by atoms with Crippen LogP contribution in [0.5, 0.6) is 0 Å². The van der Waals surface area contributed by atoms with Gasteiger partial charge in [-0.1, -0.05) is 24.3 Å². The first-order valence-electron chi connectivity index (χ1n) is 10.9. The van der Waals surface area contributed by atoms with Gasteiger partial charge >= 0.3 is 6.03 Å². The SMILES string of the molecule is CN(Cc1ccc(N2CCOCC2)cc1)C(=O)Nc1ccc(CN2CCCC2=O)cc1. The van der Waals surface area contributed by atoms with Gasteiger partial charge < -0.3 is 24.8 Å². The summed E-state index contributed by atoms with van der Waals surface area (Å²) in [6, 6.07) is 15.9. The molecule has 1 N–H and O–H groups in total. The van der Waals surface area contributed by atoms with E-state index in [1.807, 2.05) is 29.2 Å². The molecule has 0 saturated carbocycles. The maximum atomic E-state index is 12.6. The lowest BCUT2D eigenvalue weighted by Gasteiger charge is -2.29. The minimum absolute atomic E-state index is 0.153. The quantitative estimate of drug-likeness (QED) is 0.776. The first-order chi connectivity index (χ1) is 15.1. The van der Waals surface area contributed by atoms with E-state index in [1.165, 1.54) is 5.69 Å². The average Bonchev–Trinajstić information content (AvgIpc) is 3.20. The number of likely N-dealkylation sites (tertiary alicyclic amines) is 1. The standard InChI is InChI=1S/C24H30N4O3/c1-26(17-19-6-10-22(11-7-19)27-13-15-31-16-14-27)24(30)25-21-8-4-20(5-9-21)18-28-12-2-3-23(28)29/h4-11H,2-3,12-18H2,1H3,(H,25,30). The average molecular weight is 423 g/mol. The van der Waals surface area contributed by atoms with Crippen LogP contribution in [0.2, 0.25) is 0 Å². The van der Waals surface area contributed by atoms with E-state index in [-0.39, 0.29) is 11.9 Å². The fraction of sp³-hybridized carbons (Fsp3) is 0.417. The van der Waals surface area contributed by atoms with E-state index >= 15 is 0 Å². The van der Waals surface area contributed by atoms with Crippen LogP contribution in [0.4, 0.5) is 16.2 Å². The van der Waals surface area contributed by atoms with Crippen molar-refractivity contribution in [3.63, 3.8) is 0 Å². The number of hydrogen-bond donors (Lipinski definition) is 1. The molecule has 0 spiro atoms. The van der Waals surface area contributed by atoms with Crippen molar-refractivity contribution in [1.82, 2.24) is 9.80 Å². The maximum absolute atomic E-state index is 12.6. The molecule has 2 fully saturated rings. The molecule has 2 aromatic carbocycles. The first kappa shape index (κ1) is 21.2. The minimum Gasteiger partial charge on any atom is -0.378 e. The van der Waals surface area contributed by atoms with Crippen LogP contribution in [0, 0.1) is 0 Å². The Bertz CT molecular complexity index is 892. The zero-order valence-electron chi connectivity index (χ0n) is 18.0. The van der Waals surface area contributed by atoms with Crippen molar-refractivity contribution in [2.45, 2.75) is 25.9 Å². The number of carbonyl (C=O) groups is 2. The lowest BCUT2D eigenvalue weighted by atomic mass is 10.2. The zero-order valence-corrected chi connectivity index (χ0v) is 18.0. The van der Waals surface area contributed by atoms with E-state index in [4.69, 9.17) is 4.74 Å². The number of rotatable bonds is 6. The van der Waals surface area contributed by atoms with E-state index in [2.05, 4.69) is 34.5 Å². The Morgan fingerprint density at radius 1 is 1.00 bits per heavy atom. The third kappa shape index (κ3) is 5.55. The molecule has 2 heterocycles. The van der Waals surface area contributed by atoms with Gasteiger partial charge in [-0.2, -0.15) is 0 Å². The van der Waals surface area contributed by atoms with E-state index in [9.17, 15) is 9.59 Å². The Kier molecular flexibility index (Phi) is 6.72. The molecule has 0 unspecified atom stereocenters. The highest BCUT2D eigenvalue weighted by molar-refractivity contribution is 5.89. The van der Waals surface area contributed by atoms with Crippen LogP contribution < -0.4 is 10.2 Å². The molecule has 164 valence electrons. The molecule has 4 rings (SSSR count). The first-order valence-corrected chi connectivity index (χ1v) is 10.9. The Morgan fingerprint density at radius 3 is 2.32 bits per heavy atom. The van der Waals surface area contributed by atoms with Gasteiger partial charge in [0.15, 0.2) is 0 Å². The second-order valence-corrected chi connectivity index (χ2v) is 8.17. The fourth-order valence-corrected chi connectivity index (χ4v) is 3.98. The fourth-order valence-electron chi connectivity index (χ4n) is 3.98. The number of nitrogens with one attached hydrogen (secondary N) is 1. The molecular weight excluding hydrogens is 392 g/mol. The van der Waals surface area contributed by atoms with Crippen molar-refractivity contribution in [1.29, 1.82) is 0 Å². The summed E-state index contributed by atoms with van der Waals surface area (Å²) in [5.74, 6) is 0.219. The molecule has 7 nitrogen and oxygen atoms in total. The molecule has 0 atom stereocenters. The molecule has 2 saturated heterocycles. The van der Waals surface area contributed by atoms with Gasteiger partial charge in [-0.25, -0.2) is 4.79 Å². The summed E-state index contributed by atoms with van der Waals surface area (Å²) in [6.07, 6.45) is 1.59. The van der Waals surface area contributed by atoms with Crippen molar-refractivity contribution in [2.24, 2.45) is 0 Å². The second kappa shape index (κ2) is 9.83. The zero-order chi connectivity index (χ0) is 21.6. The summed E-state index contributed by atoms with van der Waals surface area (Å²) in [5.41, 5.74) is 4.09. The molecule has 7 heteroatoms. The van der Waals surface area contributed by atoms with Gasteiger partial charge in [-0.3, -0.25) is 4.79 Å². The molecule has 0 aromatic heterocycles. The molecule has 3 amide bonds. The monoisotopic (exact) mass is 422 g/mol. The molecule has 0 bridgehead atoms. The van der Waals surface area contributed by atoms with E-state index in [0.29, 0.717) is 19.5 Å². The third-order valence-corrected chi connectivity index (χ3v) is 5.83. The Morgan fingerprint density at radius 2 is 1.68 bits per heavy atom. The van der Waals surface area contributed by atoms with Crippen molar-refractivity contribution in [3.8, 4) is 0 Å². The number of ether oxygens (including phenoxy) is 1. The molecule has 0 aliphatic carbocycles. The lowest BCUT2D eigenvalue weighted by Crippen LogP contribution is -2.36. The van der Waals surface area contributed by atoms with Gasteiger partial charge in [0.25, 0.3) is 0 Å². The highest BCUT2D eigenvalue weighted by atomic mass is 16.5. The third-order valence-electron chi connectivity index (χ3n) is 5.83. The van der Waals surface area contributed by atoms with Crippen LogP contribution in [0.3, 0.4) is 0 Å². The molecule has 0 radical (unpaired) electrons. The largest absolute Gasteiger partial charge is 0.378 e. The predicted octanol–water partition coefficient (Wildman–Crippen LogP) is 3.31. The van der Waals surface area contributed by atoms with Crippen LogP contribution in [-0.4, -0.2) is 61.6 Å². The number of morpholine rings is 1. The van der Waals surface area contributed by atoms with Crippen LogP contribution in [-0.2, 0) is 22.6 Å². The Balaban J connectivity index is 1.27. The topological polar surface area (TPSA) is 65.1 Å². The van der Waals surface area contributed by atoms with Gasteiger partial charge in [-0.05, 0) is 41.8 Å². The number of urea groups is 1. The Labute approximate surface area is 183 Å². The number of nitrogens with zero attached hydrogens (tertiary/aromatic N) is 3. The van der Waals surface area contributed by atoms with E-state index in [0.717, 1.165) is 56.1 Å². The van der Waals surface area contributed by atoms with Crippen LogP contribution in [0.15, 0.2) is 48.5 Å². The molecular formula is C24H30N4O3. The van der Waals surface area contributed by atoms with Gasteiger partial charge in [0, 0.05) is 57.6 Å². The van der Waals surface area contributed by atoms with Gasteiger partial charge in [0.2, 0.25) is 5.91 Å². The van der Waals surface area contributed by atoms with Crippen molar-refractivity contribution in [2.75, 3.05) is 50.1 Å². The molecule has 2 aliphatic rings. The van der Waals surface area contributed by atoms with Crippen LogP contribution in [0.1, 0.15) is 24.0 Å². The van der Waals surface area contributed by atoms with Gasteiger partial charge in [0.1, 0.15) is 0 Å². The van der Waals surface area contributed by atoms with Crippen LogP contribution >= 0.6 is 0 Å². The Hall–Kier alpha value is -3.06.